The van der Waals surface area contributed by atoms with Gasteiger partial charge in [0.25, 0.3) is 0 Å². The molecule has 0 aromatic heterocycles. The van der Waals surface area contributed by atoms with Gasteiger partial charge in [-0.1, -0.05) is 6.92 Å². The van der Waals surface area contributed by atoms with Crippen LogP contribution >= 0.6 is 12.2 Å². The Morgan fingerprint density at radius 3 is 2.94 bits per heavy atom. The third-order valence-corrected chi connectivity index (χ3v) is 2.37. The van der Waals surface area contributed by atoms with Crippen molar-refractivity contribution in [2.45, 2.75) is 13.3 Å². The van der Waals surface area contributed by atoms with Crippen LogP contribution in [-0.4, -0.2) is 30.1 Å². The van der Waals surface area contributed by atoms with Gasteiger partial charge in [-0.15, -0.1) is 0 Å². The van der Waals surface area contributed by atoms with Crippen molar-refractivity contribution in [2.24, 2.45) is 5.10 Å². The van der Waals surface area contributed by atoms with Crippen LogP contribution in [0.4, 0.5) is 0 Å². The van der Waals surface area contributed by atoms with Gasteiger partial charge in [-0.2, -0.15) is 5.10 Å². The quantitative estimate of drug-likeness (QED) is 0.430. The molecule has 0 unspecified atom stereocenters. The number of aromatic hydroxyl groups is 1. The maximum atomic E-state index is 9.77. The molecule has 0 saturated carbocycles. The van der Waals surface area contributed by atoms with Crippen LogP contribution in [0.25, 0.3) is 0 Å². The number of rotatable bonds is 5. The van der Waals surface area contributed by atoms with Crippen LogP contribution in [0.5, 0.6) is 11.5 Å². The lowest BCUT2D eigenvalue weighted by molar-refractivity contribution is 0.315. The van der Waals surface area contributed by atoms with E-state index in [1.807, 2.05) is 6.92 Å². The summed E-state index contributed by atoms with van der Waals surface area (Å²) in [4.78, 5) is 0. The third kappa shape index (κ3) is 4.58. The Hall–Kier alpha value is -1.82. The van der Waals surface area contributed by atoms with E-state index in [0.29, 0.717) is 23.0 Å². The van der Waals surface area contributed by atoms with Crippen molar-refractivity contribution in [3.05, 3.63) is 23.8 Å². The summed E-state index contributed by atoms with van der Waals surface area (Å²) < 4.78 is 5.40. The van der Waals surface area contributed by atoms with Gasteiger partial charge in [0.2, 0.25) is 0 Å². The Kier molecular flexibility index (Phi) is 5.93. The van der Waals surface area contributed by atoms with E-state index < -0.39 is 0 Å². The first-order valence-corrected chi connectivity index (χ1v) is 6.04. The molecule has 0 amide bonds. The molecule has 0 saturated heterocycles. The summed E-state index contributed by atoms with van der Waals surface area (Å²) in [6.07, 6.45) is 2.41. The number of ether oxygens (including phenoxy) is 1. The van der Waals surface area contributed by atoms with Crippen LogP contribution in [0.3, 0.4) is 0 Å². The van der Waals surface area contributed by atoms with Crippen LogP contribution in [0.1, 0.15) is 18.9 Å². The second-order valence-corrected chi connectivity index (χ2v) is 3.93. The summed E-state index contributed by atoms with van der Waals surface area (Å²) in [5, 5.41) is 16.8. The maximum Gasteiger partial charge on any atom is 0.186 e. The molecule has 6 heteroatoms. The minimum absolute atomic E-state index is 0.115. The molecule has 0 aliphatic carbocycles. The van der Waals surface area contributed by atoms with E-state index in [4.69, 9.17) is 17.0 Å². The second kappa shape index (κ2) is 7.50. The highest BCUT2D eigenvalue weighted by atomic mass is 32.1. The lowest BCUT2D eigenvalue weighted by atomic mass is 10.2. The molecule has 1 rings (SSSR count). The molecule has 0 atom stereocenters. The predicted molar refractivity (Wildman–Crippen MR) is 76.3 cm³/mol. The van der Waals surface area contributed by atoms with E-state index in [0.717, 1.165) is 6.42 Å². The molecular weight excluding hydrogens is 250 g/mol. The minimum Gasteiger partial charge on any atom is -0.507 e. The lowest BCUT2D eigenvalue weighted by Gasteiger charge is -2.06. The highest BCUT2D eigenvalue weighted by molar-refractivity contribution is 7.80. The smallest absolute Gasteiger partial charge is 0.186 e. The average molecular weight is 267 g/mol. The molecular formula is C12H17N3O2S. The Balaban J connectivity index is 2.64. The van der Waals surface area contributed by atoms with Crippen molar-refractivity contribution >= 4 is 23.5 Å². The number of benzene rings is 1. The molecule has 98 valence electrons. The van der Waals surface area contributed by atoms with Crippen molar-refractivity contribution in [2.75, 3.05) is 13.7 Å². The predicted octanol–water partition coefficient (Wildman–Crippen LogP) is 1.61. The number of phenols is 1. The molecule has 0 fully saturated rings. The molecule has 3 N–H and O–H groups in total. The number of hydrogen-bond donors (Lipinski definition) is 3. The first-order chi connectivity index (χ1) is 8.67. The highest BCUT2D eigenvalue weighted by Gasteiger charge is 2.01. The zero-order chi connectivity index (χ0) is 13.4. The van der Waals surface area contributed by atoms with Crippen LogP contribution in [0, 0.1) is 0 Å². The van der Waals surface area contributed by atoms with E-state index >= 15 is 0 Å². The topological polar surface area (TPSA) is 65.9 Å². The van der Waals surface area contributed by atoms with Crippen LogP contribution in [-0.2, 0) is 0 Å². The van der Waals surface area contributed by atoms with E-state index in [1.54, 1.807) is 25.2 Å². The fraction of sp³-hybridized carbons (Fsp3) is 0.333. The zero-order valence-electron chi connectivity index (χ0n) is 10.4. The number of nitrogens with zero attached hydrogens (tertiary/aromatic N) is 1. The van der Waals surface area contributed by atoms with Crippen molar-refractivity contribution in [1.29, 1.82) is 0 Å². The van der Waals surface area contributed by atoms with Crippen molar-refractivity contribution in [1.82, 2.24) is 10.7 Å². The molecule has 0 aliphatic rings. The molecule has 1 aromatic carbocycles. The monoisotopic (exact) mass is 267 g/mol. The number of nitrogens with one attached hydrogen (secondary N) is 2. The van der Waals surface area contributed by atoms with E-state index in [-0.39, 0.29) is 5.75 Å². The Morgan fingerprint density at radius 1 is 1.56 bits per heavy atom. The van der Waals surface area contributed by atoms with Crippen molar-refractivity contribution in [3.8, 4) is 11.5 Å². The van der Waals surface area contributed by atoms with Crippen LogP contribution in [0.15, 0.2) is 23.3 Å². The van der Waals surface area contributed by atoms with Gasteiger partial charge >= 0.3 is 0 Å². The van der Waals surface area contributed by atoms with Gasteiger partial charge in [0.1, 0.15) is 11.5 Å². The zero-order valence-corrected chi connectivity index (χ0v) is 11.3. The molecule has 18 heavy (non-hydrogen) atoms. The van der Waals surface area contributed by atoms with Crippen molar-refractivity contribution < 1.29 is 9.84 Å². The summed E-state index contributed by atoms with van der Waals surface area (Å²) in [6, 6.07) is 5.08. The largest absolute Gasteiger partial charge is 0.507 e. The van der Waals surface area contributed by atoms with Crippen LogP contribution in [0.2, 0.25) is 0 Å². The van der Waals surface area contributed by atoms with E-state index in [1.165, 1.54) is 6.21 Å². The van der Waals surface area contributed by atoms with E-state index in [2.05, 4.69) is 15.8 Å². The SMILES string of the molecule is CCCOc1ccc(/C=N/NC(=S)NC)c(O)c1. The van der Waals surface area contributed by atoms with Gasteiger partial charge in [-0.25, -0.2) is 0 Å². The molecule has 0 aliphatic heterocycles. The average Bonchev–Trinajstić information content (AvgIpc) is 2.38. The second-order valence-electron chi connectivity index (χ2n) is 3.52. The highest BCUT2D eigenvalue weighted by Crippen LogP contribution is 2.22. The lowest BCUT2D eigenvalue weighted by Crippen LogP contribution is -2.28. The van der Waals surface area contributed by atoms with Gasteiger partial charge in [-0.3, -0.25) is 5.43 Å². The molecule has 1 aromatic rings. The molecule has 0 spiro atoms. The number of hydrazone groups is 1. The third-order valence-electron chi connectivity index (χ3n) is 2.07. The fourth-order valence-corrected chi connectivity index (χ4v) is 1.21. The molecule has 5 nitrogen and oxygen atoms in total. The number of phenolic OH excluding ortho intramolecular Hbond substituents is 1. The summed E-state index contributed by atoms with van der Waals surface area (Å²) in [7, 11) is 1.70. The van der Waals surface area contributed by atoms with Gasteiger partial charge in [-0.05, 0) is 30.8 Å². The van der Waals surface area contributed by atoms with E-state index in [9.17, 15) is 5.11 Å². The maximum absolute atomic E-state index is 9.77. The summed E-state index contributed by atoms with van der Waals surface area (Å²) >= 11 is 4.85. The van der Waals surface area contributed by atoms with Gasteiger partial charge in [0, 0.05) is 18.7 Å². The fourth-order valence-electron chi connectivity index (χ4n) is 1.16. The normalized spacial score (nSPS) is 10.3. The van der Waals surface area contributed by atoms with Gasteiger partial charge in [0.15, 0.2) is 5.11 Å². The van der Waals surface area contributed by atoms with Crippen molar-refractivity contribution in [3.63, 3.8) is 0 Å². The standard InChI is InChI=1S/C12H17N3O2S/c1-3-6-17-10-5-4-9(11(16)7-10)8-14-15-12(18)13-2/h4-5,7-8,16H,3,6H2,1-2H3,(H2,13,15,18)/b14-8+. The Morgan fingerprint density at radius 2 is 2.33 bits per heavy atom. The minimum atomic E-state index is 0.115. The first kappa shape index (κ1) is 14.2. The first-order valence-electron chi connectivity index (χ1n) is 5.64. The van der Waals surface area contributed by atoms with Gasteiger partial charge in [0.05, 0.1) is 12.8 Å². The molecule has 0 radical (unpaired) electrons. The Labute approximate surface area is 112 Å². The summed E-state index contributed by atoms with van der Waals surface area (Å²) in [6.45, 7) is 2.65. The molecule has 0 heterocycles. The van der Waals surface area contributed by atoms with Gasteiger partial charge < -0.3 is 15.2 Å². The summed E-state index contributed by atoms with van der Waals surface area (Å²) in [5.41, 5.74) is 3.19. The van der Waals surface area contributed by atoms with Crippen LogP contribution < -0.4 is 15.5 Å². The number of hydrogen-bond acceptors (Lipinski definition) is 4. The Bertz CT molecular complexity index is 435. The number of thiocarbonyl (C=S) groups is 1. The summed E-state index contributed by atoms with van der Waals surface area (Å²) in [5.74, 6) is 0.759. The molecule has 0 bridgehead atoms.